The maximum absolute atomic E-state index is 13.7. The van der Waals surface area contributed by atoms with Crippen molar-refractivity contribution in [1.82, 2.24) is 24.8 Å². The second-order valence-electron chi connectivity index (χ2n) is 9.83. The highest BCUT2D eigenvalue weighted by atomic mass is 19.1. The Morgan fingerprint density at radius 2 is 1.80 bits per heavy atom. The van der Waals surface area contributed by atoms with Gasteiger partial charge in [-0.15, -0.1) is 0 Å². The molecule has 2 saturated heterocycles. The lowest BCUT2D eigenvalue weighted by Crippen LogP contribution is -2.57. The maximum atomic E-state index is 13.7. The number of hydrogen-bond acceptors (Lipinski definition) is 6. The molecule has 10 heteroatoms. The zero-order chi connectivity index (χ0) is 24.2. The molecular weight excluding hydrogens is 454 g/mol. The molecule has 184 valence electrons. The predicted molar refractivity (Wildman–Crippen MR) is 125 cm³/mol. The number of benzene rings is 1. The van der Waals surface area contributed by atoms with Gasteiger partial charge in [0, 0.05) is 56.8 Å². The average Bonchev–Trinajstić information content (AvgIpc) is 3.14. The van der Waals surface area contributed by atoms with Crippen molar-refractivity contribution in [3.63, 3.8) is 0 Å². The molecule has 0 radical (unpaired) electrons. The summed E-state index contributed by atoms with van der Waals surface area (Å²) in [4.78, 5) is 22.0. The van der Waals surface area contributed by atoms with E-state index in [0.717, 1.165) is 49.2 Å². The fourth-order valence-corrected chi connectivity index (χ4v) is 5.61. The van der Waals surface area contributed by atoms with Gasteiger partial charge < -0.3 is 20.2 Å². The van der Waals surface area contributed by atoms with Gasteiger partial charge in [-0.2, -0.15) is 9.61 Å². The van der Waals surface area contributed by atoms with Crippen molar-refractivity contribution in [1.29, 1.82) is 0 Å². The number of fused-ring (bicyclic) bond motifs is 2. The zero-order valence-corrected chi connectivity index (χ0v) is 19.4. The van der Waals surface area contributed by atoms with E-state index in [1.807, 2.05) is 10.6 Å². The van der Waals surface area contributed by atoms with E-state index in [4.69, 9.17) is 4.98 Å². The minimum absolute atomic E-state index is 0.0623. The SMILES string of the molecule is O=C(C1CN(c2c3c(nc4ccnn24)CCNCC3)C1)N1CCC(O)(c2cc(F)cc(F)c2)CC1. The van der Waals surface area contributed by atoms with Crippen molar-refractivity contribution in [2.45, 2.75) is 31.3 Å². The van der Waals surface area contributed by atoms with Crippen molar-refractivity contribution in [3.8, 4) is 0 Å². The topological polar surface area (TPSA) is 86.0 Å². The summed E-state index contributed by atoms with van der Waals surface area (Å²) in [6.07, 6.45) is 3.99. The van der Waals surface area contributed by atoms with Crippen molar-refractivity contribution >= 4 is 17.4 Å². The largest absolute Gasteiger partial charge is 0.385 e. The Morgan fingerprint density at radius 3 is 2.54 bits per heavy atom. The standard InChI is InChI=1S/C25H28F2N6O2/c26-18-11-17(12-19(27)13-18)25(35)4-9-31(10-5-25)24(34)16-14-32(15-16)23-20-1-6-28-7-2-21(20)30-22-3-8-29-33(22)23/h3,8,11-13,16,28,35H,1-2,4-7,9-10,14-15H2. The summed E-state index contributed by atoms with van der Waals surface area (Å²) < 4.78 is 29.2. The van der Waals surface area contributed by atoms with Crippen LogP contribution in [0, 0.1) is 17.6 Å². The van der Waals surface area contributed by atoms with Crippen LogP contribution in [0.3, 0.4) is 0 Å². The summed E-state index contributed by atoms with van der Waals surface area (Å²) in [5.41, 5.74) is 2.01. The number of carbonyl (C=O) groups excluding carboxylic acids is 1. The van der Waals surface area contributed by atoms with Crippen LogP contribution in [0.15, 0.2) is 30.5 Å². The summed E-state index contributed by atoms with van der Waals surface area (Å²) in [7, 11) is 0. The molecular formula is C25H28F2N6O2. The number of likely N-dealkylation sites (tertiary alicyclic amines) is 1. The first-order chi connectivity index (χ1) is 16.9. The molecule has 2 fully saturated rings. The summed E-state index contributed by atoms with van der Waals surface area (Å²) >= 11 is 0. The van der Waals surface area contributed by atoms with Crippen LogP contribution in [0.25, 0.3) is 5.65 Å². The molecule has 2 N–H and O–H groups in total. The molecule has 0 bridgehead atoms. The van der Waals surface area contributed by atoms with Crippen LogP contribution in [0.2, 0.25) is 0 Å². The number of anilines is 1. The van der Waals surface area contributed by atoms with Crippen LogP contribution in [0.1, 0.15) is 29.7 Å². The first kappa shape index (κ1) is 22.4. The van der Waals surface area contributed by atoms with Gasteiger partial charge >= 0.3 is 0 Å². The monoisotopic (exact) mass is 482 g/mol. The lowest BCUT2D eigenvalue weighted by Gasteiger charge is -2.45. The van der Waals surface area contributed by atoms with Crippen LogP contribution < -0.4 is 10.2 Å². The molecule has 8 nitrogen and oxygen atoms in total. The third-order valence-electron chi connectivity index (χ3n) is 7.61. The van der Waals surface area contributed by atoms with Gasteiger partial charge in [0.2, 0.25) is 5.91 Å². The summed E-state index contributed by atoms with van der Waals surface area (Å²) in [6.45, 7) is 3.69. The molecule has 0 atom stereocenters. The molecule has 35 heavy (non-hydrogen) atoms. The van der Waals surface area contributed by atoms with Gasteiger partial charge in [0.1, 0.15) is 17.5 Å². The number of rotatable bonds is 3. The first-order valence-corrected chi connectivity index (χ1v) is 12.2. The quantitative estimate of drug-likeness (QED) is 0.591. The Labute approximate surface area is 201 Å². The number of carbonyl (C=O) groups is 1. The van der Waals surface area contributed by atoms with E-state index >= 15 is 0 Å². The lowest BCUT2D eigenvalue weighted by molar-refractivity contribution is -0.141. The number of hydrogen-bond donors (Lipinski definition) is 2. The summed E-state index contributed by atoms with van der Waals surface area (Å²) in [6, 6.07) is 5.05. The minimum Gasteiger partial charge on any atom is -0.385 e. The number of aromatic nitrogens is 3. The van der Waals surface area contributed by atoms with Crippen molar-refractivity contribution in [2.75, 3.05) is 44.2 Å². The van der Waals surface area contributed by atoms with E-state index in [-0.39, 0.29) is 30.2 Å². The van der Waals surface area contributed by atoms with Crippen LogP contribution in [0.5, 0.6) is 0 Å². The van der Waals surface area contributed by atoms with Gasteiger partial charge in [0.15, 0.2) is 5.65 Å². The first-order valence-electron chi connectivity index (χ1n) is 12.2. The van der Waals surface area contributed by atoms with Gasteiger partial charge in [-0.25, -0.2) is 13.8 Å². The highest BCUT2D eigenvalue weighted by Gasteiger charge is 2.42. The van der Waals surface area contributed by atoms with Crippen LogP contribution in [-0.4, -0.2) is 69.8 Å². The minimum atomic E-state index is -1.33. The second-order valence-corrected chi connectivity index (χ2v) is 9.83. The molecule has 0 spiro atoms. The molecule has 1 aromatic carbocycles. The van der Waals surface area contributed by atoms with Crippen LogP contribution in [-0.2, 0) is 23.2 Å². The third kappa shape index (κ3) is 3.94. The lowest BCUT2D eigenvalue weighted by atomic mass is 9.83. The molecule has 6 rings (SSSR count). The maximum Gasteiger partial charge on any atom is 0.229 e. The van der Waals surface area contributed by atoms with E-state index in [1.54, 1.807) is 11.1 Å². The molecule has 2 aromatic heterocycles. The fourth-order valence-electron chi connectivity index (χ4n) is 5.61. The van der Waals surface area contributed by atoms with Gasteiger partial charge in [0.25, 0.3) is 0 Å². The van der Waals surface area contributed by atoms with Crippen molar-refractivity contribution in [3.05, 3.63) is 58.9 Å². The smallest absolute Gasteiger partial charge is 0.229 e. The molecule has 0 unspecified atom stereocenters. The van der Waals surface area contributed by atoms with Gasteiger partial charge in [0.05, 0.1) is 23.4 Å². The Kier molecular flexibility index (Phi) is 5.45. The molecule has 1 amide bonds. The fraction of sp³-hybridized carbons (Fsp3) is 0.480. The van der Waals surface area contributed by atoms with Gasteiger partial charge in [-0.05, 0) is 43.5 Å². The van der Waals surface area contributed by atoms with E-state index in [9.17, 15) is 18.7 Å². The number of nitrogens with zero attached hydrogens (tertiary/aromatic N) is 5. The molecule has 0 saturated carbocycles. The zero-order valence-electron chi connectivity index (χ0n) is 19.4. The molecule has 3 aliphatic heterocycles. The Balaban J connectivity index is 1.14. The highest BCUT2D eigenvalue weighted by Crippen LogP contribution is 2.36. The molecule has 3 aliphatic rings. The highest BCUT2D eigenvalue weighted by molar-refractivity contribution is 5.82. The Bertz CT molecular complexity index is 1260. The van der Waals surface area contributed by atoms with E-state index < -0.39 is 17.2 Å². The van der Waals surface area contributed by atoms with E-state index in [0.29, 0.717) is 26.2 Å². The molecule has 0 aliphatic carbocycles. The predicted octanol–water partition coefficient (Wildman–Crippen LogP) is 1.64. The molecule has 3 aromatic rings. The van der Waals surface area contributed by atoms with Crippen molar-refractivity contribution < 1.29 is 18.7 Å². The van der Waals surface area contributed by atoms with Gasteiger partial charge in [-0.1, -0.05) is 0 Å². The summed E-state index contributed by atoms with van der Waals surface area (Å²) in [5.74, 6) is -0.461. The van der Waals surface area contributed by atoms with Crippen LogP contribution >= 0.6 is 0 Å². The van der Waals surface area contributed by atoms with Gasteiger partial charge in [-0.3, -0.25) is 4.79 Å². The summed E-state index contributed by atoms with van der Waals surface area (Å²) in [5, 5.41) is 18.9. The van der Waals surface area contributed by atoms with Crippen LogP contribution in [0.4, 0.5) is 14.6 Å². The number of halogens is 2. The number of aliphatic hydroxyl groups is 1. The average molecular weight is 483 g/mol. The number of amides is 1. The number of piperidine rings is 1. The third-order valence-corrected chi connectivity index (χ3v) is 7.61. The Morgan fingerprint density at radius 1 is 1.09 bits per heavy atom. The molecule has 5 heterocycles. The van der Waals surface area contributed by atoms with E-state index in [2.05, 4.69) is 15.3 Å². The second kappa shape index (κ2) is 8.53. The van der Waals surface area contributed by atoms with E-state index in [1.165, 1.54) is 17.7 Å². The number of nitrogens with one attached hydrogen (secondary N) is 1. The Hall–Kier alpha value is -3.11. The normalized spacial score (nSPS) is 20.4. The van der Waals surface area contributed by atoms with Crippen molar-refractivity contribution in [2.24, 2.45) is 5.92 Å².